The van der Waals surface area contributed by atoms with Crippen LogP contribution in [0.15, 0.2) is 67.4 Å². The summed E-state index contributed by atoms with van der Waals surface area (Å²) in [5, 5.41) is 2.61. The van der Waals surface area contributed by atoms with Crippen molar-refractivity contribution in [2.75, 3.05) is 11.4 Å². The van der Waals surface area contributed by atoms with Gasteiger partial charge in [0.05, 0.1) is 10.7 Å². The predicted octanol–water partition coefficient (Wildman–Crippen LogP) is 5.78. The number of rotatable bonds is 8. The van der Waals surface area contributed by atoms with Gasteiger partial charge in [0.25, 0.3) is 5.01 Å². The second-order valence-corrected chi connectivity index (χ2v) is 11.6. The Labute approximate surface area is 233 Å². The largest absolute Gasteiger partial charge is 1.00 e. The van der Waals surface area contributed by atoms with Crippen LogP contribution in [0.5, 0.6) is 0 Å². The van der Waals surface area contributed by atoms with Gasteiger partial charge in [-0.3, -0.25) is 0 Å². The Morgan fingerprint density at radius 2 is 1.75 bits per heavy atom. The molecular formula is C25H27Br2IN2S2. The van der Waals surface area contributed by atoms with E-state index < -0.39 is 0 Å². The second kappa shape index (κ2) is 12.4. The third kappa shape index (κ3) is 6.01. The van der Waals surface area contributed by atoms with Crippen molar-refractivity contribution in [3.63, 3.8) is 0 Å². The molecule has 1 aliphatic rings. The normalized spacial score (nSPS) is 14.5. The summed E-state index contributed by atoms with van der Waals surface area (Å²) < 4.78 is 6.07. The van der Waals surface area contributed by atoms with Crippen LogP contribution in [0, 0.1) is 0 Å². The van der Waals surface area contributed by atoms with Crippen LogP contribution in [-0.2, 0) is 6.54 Å². The summed E-state index contributed by atoms with van der Waals surface area (Å²) in [4.78, 5) is 3.79. The summed E-state index contributed by atoms with van der Waals surface area (Å²) >= 11 is 11.0. The van der Waals surface area contributed by atoms with E-state index in [1.54, 1.807) is 0 Å². The fourth-order valence-corrected chi connectivity index (χ4v) is 7.02. The van der Waals surface area contributed by atoms with E-state index in [1.807, 2.05) is 23.1 Å². The average molecular weight is 706 g/mol. The van der Waals surface area contributed by atoms with Crippen LogP contribution < -0.4 is 33.4 Å². The van der Waals surface area contributed by atoms with Crippen molar-refractivity contribution in [1.29, 1.82) is 0 Å². The Morgan fingerprint density at radius 3 is 2.53 bits per heavy atom. The van der Waals surface area contributed by atoms with Gasteiger partial charge in [-0.15, -0.1) is 0 Å². The number of aromatic nitrogens is 1. The first-order valence-corrected chi connectivity index (χ1v) is 14.1. The number of hydrogen-bond donors (Lipinski definition) is 0. The number of fused-ring (bicyclic) bond motifs is 2. The number of benzene rings is 2. The molecule has 0 fully saturated rings. The highest BCUT2D eigenvalue weighted by Crippen LogP contribution is 2.47. The highest BCUT2D eigenvalue weighted by molar-refractivity contribution is 9.10. The number of thioether (sulfide) groups is 1. The molecule has 0 radical (unpaired) electrons. The first-order valence-electron chi connectivity index (χ1n) is 10.9. The summed E-state index contributed by atoms with van der Waals surface area (Å²) in [7, 11) is 0. The van der Waals surface area contributed by atoms with Gasteiger partial charge < -0.3 is 28.9 Å². The number of allylic oxidation sites excluding steroid dienone is 2. The SMILES string of the molecule is CCCCN1/C(=C/C=C/c2sc3cc(Br)ccc3[n+]2CCCC)Sc2cc(Br)ccc21.[I-]. The monoisotopic (exact) mass is 704 g/mol. The zero-order chi connectivity index (χ0) is 21.8. The fraction of sp³-hybridized carbons (Fsp3) is 0.320. The molecule has 1 aliphatic heterocycles. The quantitative estimate of drug-likeness (QED) is 0.217. The summed E-state index contributed by atoms with van der Waals surface area (Å²) in [6.07, 6.45) is 11.6. The molecule has 0 saturated heterocycles. The minimum Gasteiger partial charge on any atom is -1.00 e. The predicted molar refractivity (Wildman–Crippen MR) is 144 cm³/mol. The molecule has 0 bridgehead atoms. The molecule has 2 heterocycles. The number of nitrogens with zero attached hydrogens (tertiary/aromatic N) is 2. The molecule has 0 amide bonds. The molecule has 7 heteroatoms. The second-order valence-electron chi connectivity index (χ2n) is 7.64. The summed E-state index contributed by atoms with van der Waals surface area (Å²) in [5.74, 6) is 0. The Hall–Kier alpha value is -0.350. The number of thiazole rings is 1. The number of unbranched alkanes of at least 4 members (excludes halogenated alkanes) is 2. The van der Waals surface area contributed by atoms with Crippen LogP contribution in [-0.4, -0.2) is 6.54 Å². The zero-order valence-corrected chi connectivity index (χ0v) is 25.2. The van der Waals surface area contributed by atoms with Gasteiger partial charge in [-0.1, -0.05) is 87.7 Å². The van der Waals surface area contributed by atoms with E-state index in [2.05, 4.69) is 110 Å². The van der Waals surface area contributed by atoms with E-state index in [0.717, 1.165) is 22.0 Å². The zero-order valence-electron chi connectivity index (χ0n) is 18.3. The van der Waals surface area contributed by atoms with E-state index in [0.29, 0.717) is 0 Å². The molecule has 32 heavy (non-hydrogen) atoms. The number of anilines is 1. The smallest absolute Gasteiger partial charge is 0.262 e. The molecule has 2 nitrogen and oxygen atoms in total. The average Bonchev–Trinajstić information content (AvgIpc) is 3.27. The van der Waals surface area contributed by atoms with E-state index in [-0.39, 0.29) is 24.0 Å². The fourth-order valence-electron chi connectivity index (χ4n) is 3.71. The van der Waals surface area contributed by atoms with E-state index in [1.165, 1.54) is 56.5 Å². The Morgan fingerprint density at radius 1 is 1.00 bits per heavy atom. The number of aryl methyl sites for hydroxylation is 1. The minimum absolute atomic E-state index is 0. The molecule has 1 aromatic heterocycles. The van der Waals surface area contributed by atoms with Crippen molar-refractivity contribution < 1.29 is 28.5 Å². The number of halogens is 3. The van der Waals surface area contributed by atoms with Crippen LogP contribution >= 0.6 is 55.0 Å². The van der Waals surface area contributed by atoms with Crippen molar-refractivity contribution in [1.82, 2.24) is 0 Å². The molecule has 0 unspecified atom stereocenters. The summed E-state index contributed by atoms with van der Waals surface area (Å²) in [5.41, 5.74) is 2.65. The first-order chi connectivity index (χ1) is 15.1. The van der Waals surface area contributed by atoms with E-state index in [4.69, 9.17) is 0 Å². The maximum atomic E-state index is 3.62. The summed E-state index contributed by atoms with van der Waals surface area (Å²) in [6.45, 7) is 6.63. The van der Waals surface area contributed by atoms with Crippen molar-refractivity contribution in [2.45, 2.75) is 51.0 Å². The molecule has 0 spiro atoms. The van der Waals surface area contributed by atoms with Crippen molar-refractivity contribution in [3.05, 3.63) is 67.5 Å². The lowest BCUT2D eigenvalue weighted by Crippen LogP contribution is -3.00. The molecule has 4 rings (SSSR count). The lowest BCUT2D eigenvalue weighted by molar-refractivity contribution is -0.669. The lowest BCUT2D eigenvalue weighted by Gasteiger charge is -2.19. The van der Waals surface area contributed by atoms with Gasteiger partial charge in [-0.25, -0.2) is 0 Å². The topological polar surface area (TPSA) is 7.12 Å². The van der Waals surface area contributed by atoms with Crippen LogP contribution in [0.4, 0.5) is 5.69 Å². The maximum Gasteiger partial charge on any atom is 0.262 e. The van der Waals surface area contributed by atoms with Gasteiger partial charge in [0.2, 0.25) is 5.52 Å². The van der Waals surface area contributed by atoms with Gasteiger partial charge >= 0.3 is 0 Å². The van der Waals surface area contributed by atoms with Crippen LogP contribution in [0.25, 0.3) is 16.3 Å². The third-order valence-corrected chi connectivity index (χ3v) is 8.55. The standard InChI is InChI=1S/C25H27Br2N2S2.HI/c1-3-5-14-28-20-12-10-18(26)16-22(20)30-24(28)8-7-9-25-29(15-6-4-2)21-13-11-19(27)17-23(21)31-25;/h7-13,16-17H,3-6,14-15H2,1-2H3;1H/q+1;/p-1. The molecule has 0 atom stereocenters. The molecule has 0 aliphatic carbocycles. The molecule has 2 aromatic carbocycles. The van der Waals surface area contributed by atoms with Gasteiger partial charge in [0, 0.05) is 38.9 Å². The van der Waals surface area contributed by atoms with Crippen LogP contribution in [0.3, 0.4) is 0 Å². The highest BCUT2D eigenvalue weighted by Gasteiger charge is 2.24. The van der Waals surface area contributed by atoms with Crippen LogP contribution in [0.2, 0.25) is 0 Å². The number of hydrogen-bond acceptors (Lipinski definition) is 3. The molecule has 170 valence electrons. The summed E-state index contributed by atoms with van der Waals surface area (Å²) in [6, 6.07) is 13.2. The Kier molecular flexibility index (Phi) is 10.2. The first kappa shape index (κ1) is 26.3. The van der Waals surface area contributed by atoms with Crippen molar-refractivity contribution >= 4 is 76.9 Å². The Bertz CT molecular complexity index is 1140. The van der Waals surface area contributed by atoms with Crippen molar-refractivity contribution in [3.8, 4) is 0 Å². The third-order valence-electron chi connectivity index (χ3n) is 5.33. The molecule has 0 saturated carbocycles. The molecular weight excluding hydrogens is 679 g/mol. The van der Waals surface area contributed by atoms with E-state index >= 15 is 0 Å². The van der Waals surface area contributed by atoms with Gasteiger partial charge in [0.15, 0.2) is 6.54 Å². The van der Waals surface area contributed by atoms with Gasteiger partial charge in [-0.05, 0) is 42.8 Å². The van der Waals surface area contributed by atoms with Crippen LogP contribution in [0.1, 0.15) is 44.5 Å². The van der Waals surface area contributed by atoms with Gasteiger partial charge in [0.1, 0.15) is 4.70 Å². The lowest BCUT2D eigenvalue weighted by atomic mass is 10.2. The molecule has 3 aromatic rings. The van der Waals surface area contributed by atoms with Gasteiger partial charge in [-0.2, -0.15) is 4.57 Å². The minimum atomic E-state index is 0. The maximum absolute atomic E-state index is 3.62. The molecule has 0 N–H and O–H groups in total. The Balaban J connectivity index is 0.00000289. The van der Waals surface area contributed by atoms with E-state index in [9.17, 15) is 0 Å². The van der Waals surface area contributed by atoms with Crippen molar-refractivity contribution in [2.24, 2.45) is 0 Å². The highest BCUT2D eigenvalue weighted by atomic mass is 127.